The number of carbonyl (C=O) groups is 1. The fourth-order valence-electron chi connectivity index (χ4n) is 3.30. The van der Waals surface area contributed by atoms with Gasteiger partial charge in [-0.3, -0.25) is 0 Å². The number of ether oxygens (including phenoxy) is 2. The van der Waals surface area contributed by atoms with Crippen LogP contribution in [0, 0.1) is 20.8 Å². The molecule has 0 atom stereocenters. The predicted molar refractivity (Wildman–Crippen MR) is 118 cm³/mol. The summed E-state index contributed by atoms with van der Waals surface area (Å²) in [5.74, 6) is 0.464. The molecule has 3 rings (SSSR count). The van der Waals surface area contributed by atoms with E-state index in [2.05, 4.69) is 4.98 Å². The van der Waals surface area contributed by atoms with Crippen molar-refractivity contribution in [1.82, 2.24) is 4.98 Å². The molecule has 31 heavy (non-hydrogen) atoms. The summed E-state index contributed by atoms with van der Waals surface area (Å²) in [7, 11) is 0. The number of hydrogen-bond donors (Lipinski definition) is 1. The Hall–Kier alpha value is -2.96. The third kappa shape index (κ3) is 6.26. The molecule has 1 aromatic heterocycles. The van der Waals surface area contributed by atoms with Crippen LogP contribution in [0.2, 0.25) is 0 Å². The second-order valence-corrected chi connectivity index (χ2v) is 7.61. The lowest BCUT2D eigenvalue weighted by Crippen LogP contribution is -2.07. The molecule has 6 heteroatoms. The smallest absolute Gasteiger partial charge is 0.336 e. The van der Waals surface area contributed by atoms with Crippen molar-refractivity contribution in [3.05, 3.63) is 76.2 Å². The number of oxazole rings is 1. The summed E-state index contributed by atoms with van der Waals surface area (Å²) in [4.78, 5) is 16.0. The Labute approximate surface area is 182 Å². The standard InChI is InChI=1S/C25H29NO5/c1-17-9-11-20(12-10-17)24-26-22(19(3)31-24)16-30-14-5-4-13-29-15-21-8-6-7-18(2)23(21)25(27)28/h6-12H,4-5,13-16H2,1-3H3,(H,27,28). The third-order valence-corrected chi connectivity index (χ3v) is 5.09. The van der Waals surface area contributed by atoms with E-state index in [1.54, 1.807) is 19.1 Å². The largest absolute Gasteiger partial charge is 0.478 e. The molecule has 0 spiro atoms. The molecule has 0 saturated heterocycles. The van der Waals surface area contributed by atoms with Crippen LogP contribution in [0.25, 0.3) is 11.5 Å². The van der Waals surface area contributed by atoms with Gasteiger partial charge in [-0.15, -0.1) is 0 Å². The minimum absolute atomic E-state index is 0.296. The highest BCUT2D eigenvalue weighted by atomic mass is 16.5. The monoisotopic (exact) mass is 423 g/mol. The normalized spacial score (nSPS) is 11.1. The molecule has 0 fully saturated rings. The predicted octanol–water partition coefficient (Wildman–Crippen LogP) is 5.48. The molecule has 0 saturated carbocycles. The molecule has 0 amide bonds. The molecule has 1 N–H and O–H groups in total. The molecule has 6 nitrogen and oxygen atoms in total. The zero-order valence-corrected chi connectivity index (χ0v) is 18.3. The highest BCUT2D eigenvalue weighted by molar-refractivity contribution is 5.91. The lowest BCUT2D eigenvalue weighted by atomic mass is 10.0. The van der Waals surface area contributed by atoms with Crippen molar-refractivity contribution in [2.45, 2.75) is 46.8 Å². The Balaban J connectivity index is 1.36. The van der Waals surface area contributed by atoms with E-state index in [0.717, 1.165) is 35.4 Å². The molecule has 0 aliphatic rings. The van der Waals surface area contributed by atoms with Crippen LogP contribution in [0.3, 0.4) is 0 Å². The van der Waals surface area contributed by atoms with Crippen molar-refractivity contribution in [1.29, 1.82) is 0 Å². The molecule has 0 unspecified atom stereocenters. The van der Waals surface area contributed by atoms with E-state index in [1.165, 1.54) is 5.56 Å². The van der Waals surface area contributed by atoms with Gasteiger partial charge in [0.2, 0.25) is 5.89 Å². The maximum atomic E-state index is 11.4. The zero-order chi connectivity index (χ0) is 22.2. The van der Waals surface area contributed by atoms with Gasteiger partial charge in [-0.05, 0) is 56.9 Å². The second kappa shape index (κ2) is 10.9. The molecule has 0 aliphatic heterocycles. The van der Waals surface area contributed by atoms with Gasteiger partial charge in [0.15, 0.2) is 0 Å². The average molecular weight is 424 g/mol. The van der Waals surface area contributed by atoms with Gasteiger partial charge in [-0.25, -0.2) is 9.78 Å². The average Bonchev–Trinajstić information content (AvgIpc) is 3.10. The van der Waals surface area contributed by atoms with Crippen LogP contribution in [-0.2, 0) is 22.7 Å². The van der Waals surface area contributed by atoms with E-state index in [1.807, 2.05) is 44.2 Å². The maximum absolute atomic E-state index is 11.4. The fraction of sp³-hybridized carbons (Fsp3) is 0.360. The van der Waals surface area contributed by atoms with Crippen LogP contribution in [0.5, 0.6) is 0 Å². The number of nitrogens with zero attached hydrogens (tertiary/aromatic N) is 1. The lowest BCUT2D eigenvalue weighted by molar-refractivity contribution is 0.0682. The first kappa shape index (κ1) is 22.7. The van der Waals surface area contributed by atoms with Crippen LogP contribution in [0.4, 0.5) is 0 Å². The number of benzene rings is 2. The zero-order valence-electron chi connectivity index (χ0n) is 18.3. The number of aromatic carboxylic acids is 1. The SMILES string of the molecule is Cc1ccc(-c2nc(COCCCCOCc3cccc(C)c3C(=O)O)c(C)o2)cc1. The minimum atomic E-state index is -0.918. The van der Waals surface area contributed by atoms with Gasteiger partial charge >= 0.3 is 5.97 Å². The summed E-state index contributed by atoms with van der Waals surface area (Å²) in [6, 6.07) is 13.5. The Bertz CT molecular complexity index is 1010. The molecular weight excluding hydrogens is 394 g/mol. The molecule has 0 bridgehead atoms. The summed E-state index contributed by atoms with van der Waals surface area (Å²) >= 11 is 0. The van der Waals surface area contributed by atoms with Crippen molar-refractivity contribution >= 4 is 5.97 Å². The number of aromatic nitrogens is 1. The van der Waals surface area contributed by atoms with E-state index in [-0.39, 0.29) is 0 Å². The van der Waals surface area contributed by atoms with Gasteiger partial charge in [-0.2, -0.15) is 0 Å². The lowest BCUT2D eigenvalue weighted by Gasteiger charge is -2.09. The molecule has 3 aromatic rings. The van der Waals surface area contributed by atoms with Crippen molar-refractivity contribution < 1.29 is 23.8 Å². The molecular formula is C25H29NO5. The van der Waals surface area contributed by atoms with Gasteiger partial charge in [0.1, 0.15) is 11.5 Å². The van der Waals surface area contributed by atoms with E-state index in [9.17, 15) is 9.90 Å². The number of rotatable bonds is 11. The molecule has 1 heterocycles. The number of unbranched alkanes of at least 4 members (excludes halogenated alkanes) is 1. The van der Waals surface area contributed by atoms with Gasteiger partial charge in [0.25, 0.3) is 0 Å². The minimum Gasteiger partial charge on any atom is -0.478 e. The van der Waals surface area contributed by atoms with E-state index in [0.29, 0.717) is 43.4 Å². The third-order valence-electron chi connectivity index (χ3n) is 5.09. The fourth-order valence-corrected chi connectivity index (χ4v) is 3.30. The number of aryl methyl sites for hydroxylation is 3. The molecule has 0 aliphatic carbocycles. The van der Waals surface area contributed by atoms with Crippen LogP contribution in [0.1, 0.15) is 51.3 Å². The van der Waals surface area contributed by atoms with Crippen LogP contribution in [-0.4, -0.2) is 29.3 Å². The number of carboxylic acid groups (broad SMARTS) is 1. The summed E-state index contributed by atoms with van der Waals surface area (Å²) in [6.07, 6.45) is 1.68. The number of hydrogen-bond acceptors (Lipinski definition) is 5. The maximum Gasteiger partial charge on any atom is 0.336 e. The quantitative estimate of drug-likeness (QED) is 0.411. The van der Waals surface area contributed by atoms with Gasteiger partial charge in [-0.1, -0.05) is 35.9 Å². The Morgan fingerprint density at radius 3 is 2.32 bits per heavy atom. The first-order chi connectivity index (χ1) is 15.0. The van der Waals surface area contributed by atoms with Crippen LogP contribution >= 0.6 is 0 Å². The second-order valence-electron chi connectivity index (χ2n) is 7.61. The molecule has 164 valence electrons. The first-order valence-electron chi connectivity index (χ1n) is 10.5. The summed E-state index contributed by atoms with van der Waals surface area (Å²) < 4.78 is 17.2. The van der Waals surface area contributed by atoms with Gasteiger partial charge in [0.05, 0.1) is 18.8 Å². The Morgan fingerprint density at radius 1 is 0.968 bits per heavy atom. The Kier molecular flexibility index (Phi) is 7.98. The van der Waals surface area contributed by atoms with Crippen molar-refractivity contribution in [2.24, 2.45) is 0 Å². The molecule has 0 radical (unpaired) electrons. The summed E-state index contributed by atoms with van der Waals surface area (Å²) in [5, 5.41) is 9.35. The van der Waals surface area contributed by atoms with Crippen LogP contribution < -0.4 is 0 Å². The highest BCUT2D eigenvalue weighted by Gasteiger charge is 2.13. The summed E-state index contributed by atoms with van der Waals surface area (Å²) in [6.45, 7) is 7.60. The van der Waals surface area contributed by atoms with E-state index >= 15 is 0 Å². The van der Waals surface area contributed by atoms with E-state index < -0.39 is 5.97 Å². The molecule has 2 aromatic carbocycles. The highest BCUT2D eigenvalue weighted by Crippen LogP contribution is 2.22. The summed E-state index contributed by atoms with van der Waals surface area (Å²) in [5.41, 5.74) is 4.74. The van der Waals surface area contributed by atoms with Gasteiger partial charge in [0, 0.05) is 18.8 Å². The van der Waals surface area contributed by atoms with Crippen LogP contribution in [0.15, 0.2) is 46.9 Å². The number of carboxylic acids is 1. The van der Waals surface area contributed by atoms with E-state index in [4.69, 9.17) is 13.9 Å². The topological polar surface area (TPSA) is 81.8 Å². The Morgan fingerprint density at radius 2 is 1.65 bits per heavy atom. The van der Waals surface area contributed by atoms with Gasteiger partial charge < -0.3 is 19.0 Å². The van der Waals surface area contributed by atoms with Crippen molar-refractivity contribution in [2.75, 3.05) is 13.2 Å². The van der Waals surface area contributed by atoms with Crippen molar-refractivity contribution in [3.8, 4) is 11.5 Å². The van der Waals surface area contributed by atoms with Crippen molar-refractivity contribution in [3.63, 3.8) is 0 Å². The first-order valence-corrected chi connectivity index (χ1v) is 10.5.